The van der Waals surface area contributed by atoms with Crippen LogP contribution in [0.15, 0.2) is 18.2 Å². The maximum atomic E-state index is 11.9. The monoisotopic (exact) mass is 318 g/mol. The van der Waals surface area contributed by atoms with Crippen LogP contribution in [0.5, 0.6) is 0 Å². The molecular weight excluding hydrogens is 288 g/mol. The molecule has 1 fully saturated rings. The predicted octanol–water partition coefficient (Wildman–Crippen LogP) is 3.79. The van der Waals surface area contributed by atoms with Crippen LogP contribution >= 0.6 is 0 Å². The first-order chi connectivity index (χ1) is 10.7. The van der Waals surface area contributed by atoms with Gasteiger partial charge in [0.05, 0.1) is 0 Å². The second kappa shape index (κ2) is 7.35. The summed E-state index contributed by atoms with van der Waals surface area (Å²) in [6.07, 6.45) is 1.81. The standard InChI is InChI=1S/C19H30N2O2/c1-14-8-9-16(15(2)11-14)12-21-10-6-7-17(13-21)20-18(22)23-19(3,4)5/h8-9,11,17H,6-7,10,12-13H2,1-5H3,(H,20,22). The van der Waals surface area contributed by atoms with E-state index in [0.29, 0.717) is 0 Å². The number of piperidine rings is 1. The molecule has 23 heavy (non-hydrogen) atoms. The highest BCUT2D eigenvalue weighted by Crippen LogP contribution is 2.17. The SMILES string of the molecule is Cc1ccc(CN2CCCC(NC(=O)OC(C)(C)C)C2)c(C)c1. The molecular formula is C19H30N2O2. The summed E-state index contributed by atoms with van der Waals surface area (Å²) in [7, 11) is 0. The lowest BCUT2D eigenvalue weighted by Crippen LogP contribution is -2.48. The Hall–Kier alpha value is -1.55. The number of ether oxygens (including phenoxy) is 1. The number of nitrogens with one attached hydrogen (secondary N) is 1. The van der Waals surface area contributed by atoms with Crippen LogP contribution in [0.1, 0.15) is 50.3 Å². The topological polar surface area (TPSA) is 41.6 Å². The van der Waals surface area contributed by atoms with Crippen LogP contribution in [0.4, 0.5) is 4.79 Å². The lowest BCUT2D eigenvalue weighted by molar-refractivity contribution is 0.0470. The van der Waals surface area contributed by atoms with Crippen LogP contribution in [0, 0.1) is 13.8 Å². The van der Waals surface area contributed by atoms with Crippen LogP contribution in [-0.2, 0) is 11.3 Å². The van der Waals surface area contributed by atoms with Gasteiger partial charge in [0.2, 0.25) is 0 Å². The maximum Gasteiger partial charge on any atom is 0.407 e. The first-order valence-corrected chi connectivity index (χ1v) is 8.51. The highest BCUT2D eigenvalue weighted by atomic mass is 16.6. The van der Waals surface area contributed by atoms with E-state index in [1.165, 1.54) is 16.7 Å². The Labute approximate surface area is 140 Å². The minimum Gasteiger partial charge on any atom is -0.444 e. The first-order valence-electron chi connectivity index (χ1n) is 8.51. The Balaban J connectivity index is 1.89. The van der Waals surface area contributed by atoms with E-state index in [4.69, 9.17) is 4.74 Å². The molecule has 4 heteroatoms. The van der Waals surface area contributed by atoms with Crippen molar-refractivity contribution in [3.05, 3.63) is 34.9 Å². The Kier molecular flexibility index (Phi) is 5.69. The molecule has 1 atom stereocenters. The van der Waals surface area contributed by atoms with Gasteiger partial charge in [0, 0.05) is 19.1 Å². The van der Waals surface area contributed by atoms with Crippen LogP contribution < -0.4 is 5.32 Å². The molecule has 0 saturated carbocycles. The number of rotatable bonds is 3. The lowest BCUT2D eigenvalue weighted by atomic mass is 10.0. The third-order valence-corrected chi connectivity index (χ3v) is 4.12. The van der Waals surface area contributed by atoms with Gasteiger partial charge in [-0.15, -0.1) is 0 Å². The molecule has 0 radical (unpaired) electrons. The average molecular weight is 318 g/mol. The Morgan fingerprint density at radius 3 is 2.74 bits per heavy atom. The van der Waals surface area contributed by atoms with Crippen LogP contribution in [0.3, 0.4) is 0 Å². The largest absolute Gasteiger partial charge is 0.444 e. The van der Waals surface area contributed by atoms with Gasteiger partial charge >= 0.3 is 6.09 Å². The van der Waals surface area contributed by atoms with Crippen LogP contribution in [-0.4, -0.2) is 35.7 Å². The molecule has 1 saturated heterocycles. The van der Waals surface area contributed by atoms with E-state index in [0.717, 1.165) is 32.5 Å². The van der Waals surface area contributed by atoms with Crippen molar-refractivity contribution in [3.8, 4) is 0 Å². The van der Waals surface area contributed by atoms with Crippen molar-refractivity contribution in [2.75, 3.05) is 13.1 Å². The van der Waals surface area contributed by atoms with E-state index in [9.17, 15) is 4.79 Å². The van der Waals surface area contributed by atoms with Crippen LogP contribution in [0.2, 0.25) is 0 Å². The fraction of sp³-hybridized carbons (Fsp3) is 0.632. The van der Waals surface area contributed by atoms with E-state index in [1.54, 1.807) is 0 Å². The zero-order valence-electron chi connectivity index (χ0n) is 15.1. The van der Waals surface area contributed by atoms with Gasteiger partial charge in [-0.3, -0.25) is 4.90 Å². The van der Waals surface area contributed by atoms with E-state index in [1.807, 2.05) is 20.8 Å². The molecule has 1 aromatic carbocycles. The highest BCUT2D eigenvalue weighted by molar-refractivity contribution is 5.68. The second-order valence-corrected chi connectivity index (χ2v) is 7.65. The number of aryl methyl sites for hydroxylation is 2. The average Bonchev–Trinajstić information content (AvgIpc) is 2.40. The van der Waals surface area contributed by atoms with Crippen molar-refractivity contribution in [3.63, 3.8) is 0 Å². The molecule has 0 aliphatic carbocycles. The van der Waals surface area contributed by atoms with Crippen molar-refractivity contribution in [1.82, 2.24) is 10.2 Å². The number of hydrogen-bond donors (Lipinski definition) is 1. The van der Waals surface area contributed by atoms with Gasteiger partial charge in [-0.25, -0.2) is 4.79 Å². The quantitative estimate of drug-likeness (QED) is 0.922. The summed E-state index contributed by atoms with van der Waals surface area (Å²) in [5, 5.41) is 3.01. The lowest BCUT2D eigenvalue weighted by Gasteiger charge is -2.34. The van der Waals surface area contributed by atoms with Crippen molar-refractivity contribution in [2.45, 2.75) is 65.6 Å². The smallest absolute Gasteiger partial charge is 0.407 e. The number of carbonyl (C=O) groups excluding carboxylic acids is 1. The van der Waals surface area contributed by atoms with Gasteiger partial charge in [0.25, 0.3) is 0 Å². The molecule has 1 aliphatic rings. The molecule has 128 valence electrons. The molecule has 0 aromatic heterocycles. The van der Waals surface area contributed by atoms with Gasteiger partial charge in [0.1, 0.15) is 5.60 Å². The zero-order valence-corrected chi connectivity index (χ0v) is 15.1. The molecule has 1 aromatic rings. The Morgan fingerprint density at radius 1 is 1.35 bits per heavy atom. The van der Waals surface area contributed by atoms with Crippen molar-refractivity contribution >= 4 is 6.09 Å². The Bertz CT molecular complexity index is 549. The van der Waals surface area contributed by atoms with Gasteiger partial charge in [0.15, 0.2) is 0 Å². The number of hydrogen-bond acceptors (Lipinski definition) is 3. The van der Waals surface area contributed by atoms with Crippen LogP contribution in [0.25, 0.3) is 0 Å². The van der Waals surface area contributed by atoms with Crippen molar-refractivity contribution in [2.24, 2.45) is 0 Å². The number of amides is 1. The normalized spacial score (nSPS) is 19.4. The summed E-state index contributed by atoms with van der Waals surface area (Å²) in [5.41, 5.74) is 3.56. The van der Waals surface area contributed by atoms with E-state index < -0.39 is 5.60 Å². The van der Waals surface area contributed by atoms with E-state index in [-0.39, 0.29) is 12.1 Å². The maximum absolute atomic E-state index is 11.9. The molecule has 2 rings (SSSR count). The van der Waals surface area contributed by atoms with E-state index >= 15 is 0 Å². The summed E-state index contributed by atoms with van der Waals surface area (Å²) >= 11 is 0. The fourth-order valence-electron chi connectivity index (χ4n) is 3.06. The van der Waals surface area contributed by atoms with E-state index in [2.05, 4.69) is 42.3 Å². The van der Waals surface area contributed by atoms with Gasteiger partial charge in [-0.05, 0) is 65.1 Å². The van der Waals surface area contributed by atoms with Gasteiger partial charge < -0.3 is 10.1 Å². The summed E-state index contributed by atoms with van der Waals surface area (Å²) in [5.74, 6) is 0. The molecule has 1 N–H and O–H groups in total. The molecule has 0 spiro atoms. The summed E-state index contributed by atoms with van der Waals surface area (Å²) < 4.78 is 5.36. The van der Waals surface area contributed by atoms with Gasteiger partial charge in [-0.2, -0.15) is 0 Å². The molecule has 1 unspecified atom stereocenters. The zero-order chi connectivity index (χ0) is 17.0. The number of nitrogens with zero attached hydrogens (tertiary/aromatic N) is 1. The third kappa shape index (κ3) is 5.87. The van der Waals surface area contributed by atoms with Gasteiger partial charge in [-0.1, -0.05) is 23.8 Å². The first kappa shape index (κ1) is 17.8. The summed E-state index contributed by atoms with van der Waals surface area (Å²) in [6.45, 7) is 12.9. The number of carbonyl (C=O) groups is 1. The number of benzene rings is 1. The predicted molar refractivity (Wildman–Crippen MR) is 93.6 cm³/mol. The molecule has 0 bridgehead atoms. The summed E-state index contributed by atoms with van der Waals surface area (Å²) in [4.78, 5) is 14.4. The molecule has 4 nitrogen and oxygen atoms in total. The second-order valence-electron chi connectivity index (χ2n) is 7.65. The summed E-state index contributed by atoms with van der Waals surface area (Å²) in [6, 6.07) is 6.79. The Morgan fingerprint density at radius 2 is 2.09 bits per heavy atom. The van der Waals surface area contributed by atoms with Crippen molar-refractivity contribution in [1.29, 1.82) is 0 Å². The minimum atomic E-state index is -0.447. The number of alkyl carbamates (subject to hydrolysis) is 1. The third-order valence-electron chi connectivity index (χ3n) is 4.12. The molecule has 1 amide bonds. The fourth-order valence-corrected chi connectivity index (χ4v) is 3.06. The van der Waals surface area contributed by atoms with Crippen molar-refractivity contribution < 1.29 is 9.53 Å². The minimum absolute atomic E-state index is 0.171. The molecule has 1 aliphatic heterocycles. The number of likely N-dealkylation sites (tertiary alicyclic amines) is 1. The highest BCUT2D eigenvalue weighted by Gasteiger charge is 2.24. The molecule has 1 heterocycles.